The third-order valence-corrected chi connectivity index (χ3v) is 2.91. The van der Waals surface area contributed by atoms with Gasteiger partial charge in [0.2, 0.25) is 0 Å². The number of aromatic nitrogens is 2. The summed E-state index contributed by atoms with van der Waals surface area (Å²) in [6.07, 6.45) is -1.50. The first-order valence-electron chi connectivity index (χ1n) is 5.12. The lowest BCUT2D eigenvalue weighted by Crippen LogP contribution is -2.02. The fraction of sp³-hybridized carbons (Fsp3) is 0.167. The summed E-state index contributed by atoms with van der Waals surface area (Å²) in [6.45, 7) is -0.500. The Bertz CT molecular complexity index is 546. The summed E-state index contributed by atoms with van der Waals surface area (Å²) >= 11 is 3.28. The van der Waals surface area contributed by atoms with Gasteiger partial charge >= 0.3 is 0 Å². The zero-order chi connectivity index (χ0) is 13.1. The van der Waals surface area contributed by atoms with Crippen LogP contribution in [0.5, 0.6) is 0 Å². The Labute approximate surface area is 111 Å². The number of aliphatic hydroxyl groups excluding tert-OH is 1. The van der Waals surface area contributed by atoms with Crippen molar-refractivity contribution in [1.29, 1.82) is 0 Å². The Balaban J connectivity index is 2.46. The minimum atomic E-state index is -2.73. The van der Waals surface area contributed by atoms with Gasteiger partial charge in [0.15, 0.2) is 5.82 Å². The molecule has 3 nitrogen and oxygen atoms in total. The average molecular weight is 315 g/mol. The predicted octanol–water partition coefficient (Wildman–Crippen LogP) is 3.34. The Hall–Kier alpha value is -1.40. The standard InChI is InChI=1S/C12H9BrF2N2O/c13-9-3-1-7(2-4-9)12-16-5-8(6-18)10(17-12)11(14)15/h1-5,11,18H,6H2. The lowest BCUT2D eigenvalue weighted by Gasteiger charge is -2.07. The van der Waals surface area contributed by atoms with Crippen LogP contribution < -0.4 is 0 Å². The van der Waals surface area contributed by atoms with Crippen molar-refractivity contribution < 1.29 is 13.9 Å². The van der Waals surface area contributed by atoms with Gasteiger partial charge in [0.05, 0.1) is 6.61 Å². The molecule has 0 fully saturated rings. The van der Waals surface area contributed by atoms with Gasteiger partial charge in [0.1, 0.15) is 5.69 Å². The molecule has 0 atom stereocenters. The van der Waals surface area contributed by atoms with Crippen molar-refractivity contribution in [1.82, 2.24) is 9.97 Å². The number of nitrogens with zero attached hydrogens (tertiary/aromatic N) is 2. The molecular weight excluding hydrogens is 306 g/mol. The van der Waals surface area contributed by atoms with Crippen LogP contribution in [-0.2, 0) is 6.61 Å². The molecule has 1 aromatic carbocycles. The van der Waals surface area contributed by atoms with Crippen LogP contribution >= 0.6 is 15.9 Å². The highest BCUT2D eigenvalue weighted by atomic mass is 79.9. The molecule has 1 N–H and O–H groups in total. The van der Waals surface area contributed by atoms with Gasteiger partial charge in [0.25, 0.3) is 6.43 Å². The van der Waals surface area contributed by atoms with Crippen molar-refractivity contribution in [3.8, 4) is 11.4 Å². The molecule has 0 saturated carbocycles. The van der Waals surface area contributed by atoms with Gasteiger partial charge in [-0.1, -0.05) is 28.1 Å². The molecule has 0 amide bonds. The van der Waals surface area contributed by atoms with E-state index in [0.29, 0.717) is 5.56 Å². The summed E-state index contributed by atoms with van der Waals surface area (Å²) in [6, 6.07) is 7.02. The molecular formula is C12H9BrF2N2O. The second kappa shape index (κ2) is 5.49. The number of halogens is 3. The van der Waals surface area contributed by atoms with E-state index >= 15 is 0 Å². The Morgan fingerprint density at radius 3 is 2.44 bits per heavy atom. The molecule has 2 rings (SSSR count). The molecule has 2 aromatic rings. The van der Waals surface area contributed by atoms with Gasteiger partial charge in [-0.2, -0.15) is 0 Å². The fourth-order valence-electron chi connectivity index (χ4n) is 1.47. The maximum Gasteiger partial charge on any atom is 0.280 e. The largest absolute Gasteiger partial charge is 0.392 e. The third kappa shape index (κ3) is 2.70. The zero-order valence-corrected chi connectivity index (χ0v) is 10.7. The van der Waals surface area contributed by atoms with E-state index in [4.69, 9.17) is 5.11 Å². The number of aliphatic hydroxyl groups is 1. The quantitative estimate of drug-likeness (QED) is 0.945. The second-order valence-electron chi connectivity index (χ2n) is 3.57. The first kappa shape index (κ1) is 13.0. The fourth-order valence-corrected chi connectivity index (χ4v) is 1.73. The summed E-state index contributed by atoms with van der Waals surface area (Å²) in [5, 5.41) is 8.95. The van der Waals surface area contributed by atoms with E-state index in [0.717, 1.165) is 4.47 Å². The monoisotopic (exact) mass is 314 g/mol. The SMILES string of the molecule is OCc1cnc(-c2ccc(Br)cc2)nc1C(F)F. The first-order chi connectivity index (χ1) is 8.61. The third-order valence-electron chi connectivity index (χ3n) is 2.38. The minimum Gasteiger partial charge on any atom is -0.392 e. The van der Waals surface area contributed by atoms with Gasteiger partial charge in [0, 0.05) is 21.8 Å². The summed E-state index contributed by atoms with van der Waals surface area (Å²) in [5.74, 6) is 0.218. The van der Waals surface area contributed by atoms with Crippen molar-refractivity contribution in [2.45, 2.75) is 13.0 Å². The summed E-state index contributed by atoms with van der Waals surface area (Å²) in [4.78, 5) is 7.78. The van der Waals surface area contributed by atoms with Crippen LogP contribution in [0.15, 0.2) is 34.9 Å². The van der Waals surface area contributed by atoms with Gasteiger partial charge in [-0.15, -0.1) is 0 Å². The molecule has 0 bridgehead atoms. The highest BCUT2D eigenvalue weighted by Gasteiger charge is 2.16. The van der Waals surface area contributed by atoms with Gasteiger partial charge in [-0.3, -0.25) is 0 Å². The van der Waals surface area contributed by atoms with Crippen LogP contribution in [0.4, 0.5) is 8.78 Å². The van der Waals surface area contributed by atoms with E-state index in [2.05, 4.69) is 25.9 Å². The van der Waals surface area contributed by atoms with E-state index in [1.165, 1.54) is 6.20 Å². The highest BCUT2D eigenvalue weighted by Crippen LogP contribution is 2.24. The maximum absolute atomic E-state index is 12.8. The lowest BCUT2D eigenvalue weighted by atomic mass is 10.2. The Kier molecular flexibility index (Phi) is 3.98. The van der Waals surface area contributed by atoms with Crippen LogP contribution in [0.3, 0.4) is 0 Å². The number of alkyl halides is 2. The first-order valence-corrected chi connectivity index (χ1v) is 5.92. The van der Waals surface area contributed by atoms with Crippen LogP contribution in [0.1, 0.15) is 17.7 Å². The van der Waals surface area contributed by atoms with E-state index in [-0.39, 0.29) is 11.4 Å². The molecule has 0 radical (unpaired) electrons. The number of benzene rings is 1. The van der Waals surface area contributed by atoms with Crippen LogP contribution in [0.25, 0.3) is 11.4 Å². The van der Waals surface area contributed by atoms with E-state index in [1.54, 1.807) is 24.3 Å². The van der Waals surface area contributed by atoms with Crippen LogP contribution in [-0.4, -0.2) is 15.1 Å². The Morgan fingerprint density at radius 2 is 1.89 bits per heavy atom. The molecule has 18 heavy (non-hydrogen) atoms. The van der Waals surface area contributed by atoms with Crippen LogP contribution in [0, 0.1) is 0 Å². The van der Waals surface area contributed by atoms with Crippen molar-refractivity contribution >= 4 is 15.9 Å². The molecule has 6 heteroatoms. The number of hydrogen-bond donors (Lipinski definition) is 1. The van der Waals surface area contributed by atoms with E-state index in [9.17, 15) is 8.78 Å². The maximum atomic E-state index is 12.8. The number of rotatable bonds is 3. The molecule has 0 saturated heterocycles. The van der Waals surface area contributed by atoms with Crippen molar-refractivity contribution in [3.05, 3.63) is 46.2 Å². The normalized spacial score (nSPS) is 10.9. The molecule has 1 aromatic heterocycles. The van der Waals surface area contributed by atoms with Gasteiger partial charge < -0.3 is 5.11 Å². The van der Waals surface area contributed by atoms with Gasteiger partial charge in [-0.05, 0) is 12.1 Å². The molecule has 1 heterocycles. The van der Waals surface area contributed by atoms with Crippen molar-refractivity contribution in [2.75, 3.05) is 0 Å². The molecule has 0 unspecified atom stereocenters. The number of hydrogen-bond acceptors (Lipinski definition) is 3. The van der Waals surface area contributed by atoms with Crippen LogP contribution in [0.2, 0.25) is 0 Å². The van der Waals surface area contributed by atoms with Crippen molar-refractivity contribution in [2.24, 2.45) is 0 Å². The Morgan fingerprint density at radius 1 is 1.22 bits per heavy atom. The average Bonchev–Trinajstić information content (AvgIpc) is 2.39. The predicted molar refractivity (Wildman–Crippen MR) is 66.0 cm³/mol. The van der Waals surface area contributed by atoms with E-state index in [1.807, 2.05) is 0 Å². The highest BCUT2D eigenvalue weighted by molar-refractivity contribution is 9.10. The summed E-state index contributed by atoms with van der Waals surface area (Å²) in [5.41, 5.74) is 0.265. The summed E-state index contributed by atoms with van der Waals surface area (Å²) < 4.78 is 26.4. The van der Waals surface area contributed by atoms with Gasteiger partial charge in [-0.25, -0.2) is 18.7 Å². The lowest BCUT2D eigenvalue weighted by molar-refractivity contribution is 0.141. The zero-order valence-electron chi connectivity index (χ0n) is 9.15. The molecule has 94 valence electrons. The van der Waals surface area contributed by atoms with E-state index < -0.39 is 18.7 Å². The molecule has 0 spiro atoms. The summed E-state index contributed by atoms with van der Waals surface area (Å²) in [7, 11) is 0. The second-order valence-corrected chi connectivity index (χ2v) is 4.49. The molecule has 0 aliphatic carbocycles. The van der Waals surface area contributed by atoms with Crippen molar-refractivity contribution in [3.63, 3.8) is 0 Å². The topological polar surface area (TPSA) is 46.0 Å². The minimum absolute atomic E-state index is 0.0471. The molecule has 0 aliphatic rings. The molecule has 0 aliphatic heterocycles. The smallest absolute Gasteiger partial charge is 0.280 e.